The van der Waals surface area contributed by atoms with E-state index in [1.807, 2.05) is 30.3 Å². The topological polar surface area (TPSA) is 68.6 Å². The number of hydrogen-bond donors (Lipinski definition) is 0. The van der Waals surface area contributed by atoms with Crippen LogP contribution in [0.2, 0.25) is 0 Å². The van der Waals surface area contributed by atoms with Crippen molar-refractivity contribution in [3.8, 4) is 23.3 Å². The molecule has 0 radical (unpaired) electrons. The third-order valence-electron chi connectivity index (χ3n) is 2.98. The zero-order chi connectivity index (χ0) is 17.4. The molecule has 0 heterocycles. The second-order valence-corrected chi connectivity index (χ2v) is 5.78. The van der Waals surface area contributed by atoms with Crippen LogP contribution in [0.15, 0.2) is 53.0 Å². The molecule has 2 rings (SSSR count). The van der Waals surface area contributed by atoms with Crippen molar-refractivity contribution in [1.29, 1.82) is 5.26 Å². The molecule has 1 atom stereocenters. The van der Waals surface area contributed by atoms with Crippen molar-refractivity contribution in [2.24, 2.45) is 0 Å². The molecule has 0 saturated heterocycles. The number of nitriles is 1. The summed E-state index contributed by atoms with van der Waals surface area (Å²) in [5.74, 6) is 1.42. The van der Waals surface area contributed by atoms with Crippen molar-refractivity contribution in [1.82, 2.24) is 0 Å². The van der Waals surface area contributed by atoms with Crippen LogP contribution in [-0.2, 0) is 9.53 Å². The number of esters is 1. The van der Waals surface area contributed by atoms with E-state index in [9.17, 15) is 4.79 Å². The largest absolute Gasteiger partial charge is 0.479 e. The number of nitrogens with zero attached hydrogens (tertiary/aromatic N) is 1. The number of benzene rings is 2. The molecule has 0 amide bonds. The van der Waals surface area contributed by atoms with E-state index in [2.05, 4.69) is 15.9 Å². The number of carbonyl (C=O) groups is 1. The monoisotopic (exact) mass is 389 g/mol. The zero-order valence-electron chi connectivity index (χ0n) is 13.1. The van der Waals surface area contributed by atoms with Crippen LogP contribution in [0.1, 0.15) is 13.3 Å². The van der Waals surface area contributed by atoms with Gasteiger partial charge in [-0.25, -0.2) is 4.79 Å². The predicted octanol–water partition coefficient (Wildman–Crippen LogP) is 4.47. The van der Waals surface area contributed by atoms with Crippen LogP contribution in [0.5, 0.6) is 17.2 Å². The van der Waals surface area contributed by atoms with E-state index >= 15 is 0 Å². The fourth-order valence-corrected chi connectivity index (χ4v) is 2.06. The van der Waals surface area contributed by atoms with Crippen molar-refractivity contribution in [2.45, 2.75) is 19.4 Å². The SMILES string of the molecule is CC(Oc1ccc(Oc2ccc(Br)cc2)cc1)C(=O)OCCC#N. The fraction of sp³-hybridized carbons (Fsp3) is 0.222. The molecular formula is C18H16BrNO4. The molecule has 2 aromatic rings. The molecule has 0 aliphatic rings. The summed E-state index contributed by atoms with van der Waals surface area (Å²) in [7, 11) is 0. The molecule has 1 unspecified atom stereocenters. The highest BCUT2D eigenvalue weighted by Crippen LogP contribution is 2.25. The molecule has 0 fully saturated rings. The molecule has 0 aromatic heterocycles. The lowest BCUT2D eigenvalue weighted by Gasteiger charge is -2.14. The van der Waals surface area contributed by atoms with Gasteiger partial charge < -0.3 is 14.2 Å². The Hall–Kier alpha value is -2.52. The van der Waals surface area contributed by atoms with E-state index in [0.29, 0.717) is 11.5 Å². The maximum atomic E-state index is 11.7. The molecule has 124 valence electrons. The third kappa shape index (κ3) is 5.60. The van der Waals surface area contributed by atoms with Gasteiger partial charge in [0.25, 0.3) is 0 Å². The normalized spacial score (nSPS) is 11.2. The molecular weight excluding hydrogens is 374 g/mol. The number of rotatable bonds is 7. The van der Waals surface area contributed by atoms with Crippen molar-refractivity contribution < 1.29 is 19.0 Å². The van der Waals surface area contributed by atoms with Gasteiger partial charge in [0.15, 0.2) is 6.10 Å². The Bertz CT molecular complexity index is 707. The van der Waals surface area contributed by atoms with E-state index in [1.54, 1.807) is 31.2 Å². The average molecular weight is 390 g/mol. The van der Waals surface area contributed by atoms with Crippen molar-refractivity contribution in [2.75, 3.05) is 6.61 Å². The Morgan fingerprint density at radius 1 is 1.08 bits per heavy atom. The Morgan fingerprint density at radius 2 is 1.62 bits per heavy atom. The van der Waals surface area contributed by atoms with Gasteiger partial charge in [0, 0.05) is 4.47 Å². The van der Waals surface area contributed by atoms with E-state index in [-0.39, 0.29) is 13.0 Å². The molecule has 0 saturated carbocycles. The van der Waals surface area contributed by atoms with Crippen LogP contribution in [0.3, 0.4) is 0 Å². The molecule has 0 bridgehead atoms. The lowest BCUT2D eigenvalue weighted by Crippen LogP contribution is -2.26. The standard InChI is InChI=1S/C18H16BrNO4/c1-13(18(21)22-12-2-11-20)23-15-7-9-17(10-8-15)24-16-5-3-14(19)4-6-16/h3-10,13H,2,12H2,1H3. The van der Waals surface area contributed by atoms with E-state index in [1.165, 1.54) is 0 Å². The van der Waals surface area contributed by atoms with Gasteiger partial charge in [0.1, 0.15) is 23.9 Å². The lowest BCUT2D eigenvalue weighted by atomic mass is 10.3. The Labute approximate surface area is 148 Å². The van der Waals surface area contributed by atoms with Gasteiger partial charge in [-0.1, -0.05) is 15.9 Å². The van der Waals surface area contributed by atoms with Gasteiger partial charge in [-0.15, -0.1) is 0 Å². The highest BCUT2D eigenvalue weighted by molar-refractivity contribution is 9.10. The molecule has 6 heteroatoms. The minimum Gasteiger partial charge on any atom is -0.479 e. The molecule has 0 aliphatic carbocycles. The van der Waals surface area contributed by atoms with E-state index < -0.39 is 12.1 Å². The highest BCUT2D eigenvalue weighted by atomic mass is 79.9. The van der Waals surface area contributed by atoms with Crippen molar-refractivity contribution in [3.63, 3.8) is 0 Å². The summed E-state index contributed by atoms with van der Waals surface area (Å²) in [5, 5.41) is 8.41. The van der Waals surface area contributed by atoms with Crippen LogP contribution in [0.4, 0.5) is 0 Å². The average Bonchev–Trinajstić information content (AvgIpc) is 2.58. The first kappa shape index (κ1) is 17.8. The summed E-state index contributed by atoms with van der Waals surface area (Å²) >= 11 is 3.37. The van der Waals surface area contributed by atoms with Gasteiger partial charge in [-0.3, -0.25) is 0 Å². The van der Waals surface area contributed by atoms with Crippen LogP contribution in [0.25, 0.3) is 0 Å². The van der Waals surface area contributed by atoms with Gasteiger partial charge in [0.05, 0.1) is 12.5 Å². The smallest absolute Gasteiger partial charge is 0.347 e. The summed E-state index contributed by atoms with van der Waals surface area (Å²) in [6.45, 7) is 1.67. The van der Waals surface area contributed by atoms with Crippen LogP contribution in [0, 0.1) is 11.3 Å². The molecule has 2 aromatic carbocycles. The number of hydrogen-bond acceptors (Lipinski definition) is 5. The number of halogens is 1. The highest BCUT2D eigenvalue weighted by Gasteiger charge is 2.16. The Morgan fingerprint density at radius 3 is 2.21 bits per heavy atom. The predicted molar refractivity (Wildman–Crippen MR) is 91.9 cm³/mol. The lowest BCUT2D eigenvalue weighted by molar-refractivity contribution is -0.150. The van der Waals surface area contributed by atoms with Crippen LogP contribution >= 0.6 is 15.9 Å². The Kier molecular flexibility index (Phi) is 6.64. The minimum atomic E-state index is -0.748. The quantitative estimate of drug-likeness (QED) is 0.516. The van der Waals surface area contributed by atoms with Crippen LogP contribution < -0.4 is 9.47 Å². The zero-order valence-corrected chi connectivity index (χ0v) is 14.7. The van der Waals surface area contributed by atoms with Gasteiger partial charge in [-0.2, -0.15) is 5.26 Å². The molecule has 5 nitrogen and oxygen atoms in total. The molecule has 0 N–H and O–H groups in total. The summed E-state index contributed by atoms with van der Waals surface area (Å²) < 4.78 is 17.1. The fourth-order valence-electron chi connectivity index (χ4n) is 1.79. The summed E-state index contributed by atoms with van der Waals surface area (Å²) in [4.78, 5) is 11.7. The van der Waals surface area contributed by atoms with E-state index in [4.69, 9.17) is 19.5 Å². The second kappa shape index (κ2) is 8.94. The van der Waals surface area contributed by atoms with Crippen LogP contribution in [-0.4, -0.2) is 18.7 Å². The summed E-state index contributed by atoms with van der Waals surface area (Å²) in [6.07, 6.45) is -0.581. The van der Waals surface area contributed by atoms with Crippen molar-refractivity contribution in [3.05, 3.63) is 53.0 Å². The van der Waals surface area contributed by atoms with E-state index in [0.717, 1.165) is 10.2 Å². The maximum absolute atomic E-state index is 11.7. The number of carbonyl (C=O) groups excluding carboxylic acids is 1. The minimum absolute atomic E-state index is 0.0724. The maximum Gasteiger partial charge on any atom is 0.347 e. The van der Waals surface area contributed by atoms with Crippen molar-refractivity contribution >= 4 is 21.9 Å². The number of ether oxygens (including phenoxy) is 3. The second-order valence-electron chi connectivity index (χ2n) is 4.86. The first-order valence-electron chi connectivity index (χ1n) is 7.32. The third-order valence-corrected chi connectivity index (χ3v) is 3.50. The van der Waals surface area contributed by atoms with Gasteiger partial charge in [-0.05, 0) is 55.5 Å². The molecule has 24 heavy (non-hydrogen) atoms. The summed E-state index contributed by atoms with van der Waals surface area (Å²) in [6, 6.07) is 16.3. The van der Waals surface area contributed by atoms with Gasteiger partial charge >= 0.3 is 5.97 Å². The first-order valence-corrected chi connectivity index (χ1v) is 8.11. The van der Waals surface area contributed by atoms with Gasteiger partial charge in [0.2, 0.25) is 0 Å². The molecule has 0 aliphatic heterocycles. The molecule has 0 spiro atoms. The Balaban J connectivity index is 1.88. The first-order chi connectivity index (χ1) is 11.6. The summed E-state index contributed by atoms with van der Waals surface area (Å²) in [5.41, 5.74) is 0.